The Labute approximate surface area is 157 Å². The van der Waals surface area contributed by atoms with Gasteiger partial charge in [-0.15, -0.1) is 11.3 Å². The third-order valence-corrected chi connectivity index (χ3v) is 4.52. The van der Waals surface area contributed by atoms with Gasteiger partial charge >= 0.3 is 5.97 Å². The second-order valence-electron chi connectivity index (χ2n) is 6.12. The van der Waals surface area contributed by atoms with Crippen LogP contribution < -0.4 is 10.1 Å². The first-order valence-corrected chi connectivity index (χ1v) is 9.39. The molecule has 0 bridgehead atoms. The Morgan fingerprint density at radius 2 is 1.96 bits per heavy atom. The van der Waals surface area contributed by atoms with E-state index in [9.17, 15) is 9.59 Å². The minimum atomic E-state index is -0.355. The van der Waals surface area contributed by atoms with E-state index < -0.39 is 0 Å². The highest BCUT2D eigenvalue weighted by Crippen LogP contribution is 2.19. The van der Waals surface area contributed by atoms with Crippen LogP contribution in [-0.2, 0) is 20.7 Å². The number of nitrogens with zero attached hydrogens (tertiary/aromatic N) is 1. The van der Waals surface area contributed by atoms with Gasteiger partial charge in [0, 0.05) is 11.8 Å². The number of hydrogen-bond donors (Lipinski definition) is 1. The van der Waals surface area contributed by atoms with Crippen LogP contribution in [0.2, 0.25) is 0 Å². The number of rotatable bonds is 9. The van der Waals surface area contributed by atoms with Gasteiger partial charge in [0.1, 0.15) is 5.75 Å². The number of esters is 1. The molecular formula is C19H24N2O4S. The monoisotopic (exact) mass is 376 g/mol. The van der Waals surface area contributed by atoms with Gasteiger partial charge in [0.2, 0.25) is 5.91 Å². The highest BCUT2D eigenvalue weighted by molar-refractivity contribution is 7.13. The Morgan fingerprint density at radius 1 is 1.23 bits per heavy atom. The minimum Gasteiger partial charge on any atom is -0.494 e. The van der Waals surface area contributed by atoms with Crippen LogP contribution in [0, 0.1) is 0 Å². The average molecular weight is 376 g/mol. The molecule has 6 nitrogen and oxygen atoms in total. The highest BCUT2D eigenvalue weighted by atomic mass is 32.1. The zero-order chi connectivity index (χ0) is 18.9. The smallest absolute Gasteiger partial charge is 0.311 e. The number of methoxy groups -OCH3 is 1. The normalized spacial score (nSPS) is 10.6. The molecule has 7 heteroatoms. The molecule has 0 aliphatic heterocycles. The second kappa shape index (κ2) is 9.91. The maximum atomic E-state index is 11.9. The quantitative estimate of drug-likeness (QED) is 0.532. The molecule has 0 atom stereocenters. The van der Waals surface area contributed by atoms with Gasteiger partial charge in [-0.3, -0.25) is 9.59 Å². The van der Waals surface area contributed by atoms with Crippen molar-refractivity contribution in [1.82, 2.24) is 4.98 Å². The molecule has 0 aliphatic rings. The van der Waals surface area contributed by atoms with Crippen LogP contribution in [0.1, 0.15) is 43.9 Å². The Hall–Kier alpha value is -2.41. The summed E-state index contributed by atoms with van der Waals surface area (Å²) >= 11 is 1.29. The number of carbonyl (C=O) groups excluding carboxylic acids is 2. The molecule has 1 amide bonds. The Balaban J connectivity index is 1.68. The zero-order valence-corrected chi connectivity index (χ0v) is 16.1. The second-order valence-corrected chi connectivity index (χ2v) is 6.98. The number of benzene rings is 1. The largest absolute Gasteiger partial charge is 0.494 e. The van der Waals surface area contributed by atoms with Crippen molar-refractivity contribution in [3.63, 3.8) is 0 Å². The van der Waals surface area contributed by atoms with Crippen LogP contribution in [0.15, 0.2) is 29.6 Å². The number of aromatic nitrogens is 1. The Morgan fingerprint density at radius 3 is 2.62 bits per heavy atom. The third kappa shape index (κ3) is 6.48. The van der Waals surface area contributed by atoms with Gasteiger partial charge in [-0.2, -0.15) is 0 Å². The number of thiazole rings is 1. The van der Waals surface area contributed by atoms with Crippen molar-refractivity contribution in [2.24, 2.45) is 0 Å². The van der Waals surface area contributed by atoms with Crippen LogP contribution in [-0.4, -0.2) is 30.6 Å². The van der Waals surface area contributed by atoms with E-state index in [0.717, 1.165) is 5.75 Å². The van der Waals surface area contributed by atoms with Gasteiger partial charge in [-0.05, 0) is 30.0 Å². The van der Waals surface area contributed by atoms with Crippen LogP contribution >= 0.6 is 11.3 Å². The number of anilines is 1. The van der Waals surface area contributed by atoms with Crippen LogP contribution in [0.5, 0.6) is 5.75 Å². The first-order valence-electron chi connectivity index (χ1n) is 8.51. The third-order valence-electron chi connectivity index (χ3n) is 3.71. The number of amides is 1. The molecule has 1 aromatic heterocycles. The lowest BCUT2D eigenvalue weighted by Gasteiger charge is -2.08. The summed E-state index contributed by atoms with van der Waals surface area (Å²) in [5.41, 5.74) is 1.86. The summed E-state index contributed by atoms with van der Waals surface area (Å²) in [7, 11) is 1.33. The first kappa shape index (κ1) is 19.9. The molecule has 0 unspecified atom stereocenters. The summed E-state index contributed by atoms with van der Waals surface area (Å²) in [6.45, 7) is 4.77. The van der Waals surface area contributed by atoms with Crippen molar-refractivity contribution in [2.45, 2.75) is 39.0 Å². The molecule has 0 fully saturated rings. The summed E-state index contributed by atoms with van der Waals surface area (Å²) in [5, 5.41) is 4.95. The van der Waals surface area contributed by atoms with Gasteiger partial charge in [-0.25, -0.2) is 4.98 Å². The number of carbonyl (C=O) groups is 2. The summed E-state index contributed by atoms with van der Waals surface area (Å²) in [6.07, 6.45) is 1.06. The van der Waals surface area contributed by atoms with E-state index in [4.69, 9.17) is 4.74 Å². The number of nitrogens with one attached hydrogen (secondary N) is 1. The van der Waals surface area contributed by atoms with Crippen molar-refractivity contribution in [3.8, 4) is 5.75 Å². The van der Waals surface area contributed by atoms with Crippen LogP contribution in [0.4, 0.5) is 5.13 Å². The molecule has 0 saturated heterocycles. The molecule has 1 heterocycles. The lowest BCUT2D eigenvalue weighted by atomic mass is 10.0. The van der Waals surface area contributed by atoms with E-state index in [1.54, 1.807) is 5.38 Å². The predicted molar refractivity (Wildman–Crippen MR) is 102 cm³/mol. The van der Waals surface area contributed by atoms with Gasteiger partial charge in [-0.1, -0.05) is 26.0 Å². The fraction of sp³-hybridized carbons (Fsp3) is 0.421. The standard InChI is InChI=1S/C19H24N2O4S/c1-13(2)14-6-8-16(9-7-14)25-10-4-5-17(22)21-19-20-15(12-26-19)11-18(23)24-3/h6-9,12-13H,4-5,10-11H2,1-3H3,(H,20,21,22). The maximum Gasteiger partial charge on any atom is 0.311 e. The topological polar surface area (TPSA) is 77.5 Å². The van der Waals surface area contributed by atoms with Crippen molar-refractivity contribution in [2.75, 3.05) is 19.0 Å². The average Bonchev–Trinajstić information content (AvgIpc) is 3.05. The van der Waals surface area contributed by atoms with Crippen LogP contribution in [0.3, 0.4) is 0 Å². The Bertz CT molecular complexity index is 725. The van der Waals surface area contributed by atoms with Crippen molar-refractivity contribution in [3.05, 3.63) is 40.9 Å². The Kier molecular flexibility index (Phi) is 7.59. The molecule has 140 valence electrons. The molecule has 2 aromatic rings. The number of ether oxygens (including phenoxy) is 2. The fourth-order valence-corrected chi connectivity index (χ4v) is 2.95. The van der Waals surface area contributed by atoms with Crippen LogP contribution in [0.25, 0.3) is 0 Å². The summed E-state index contributed by atoms with van der Waals surface area (Å²) in [6, 6.07) is 8.02. The molecule has 26 heavy (non-hydrogen) atoms. The lowest BCUT2D eigenvalue weighted by Crippen LogP contribution is -2.13. The molecule has 0 radical (unpaired) electrons. The van der Waals surface area contributed by atoms with E-state index in [-0.39, 0.29) is 18.3 Å². The molecule has 1 N–H and O–H groups in total. The molecular weight excluding hydrogens is 352 g/mol. The van der Waals surface area contributed by atoms with E-state index in [1.165, 1.54) is 24.0 Å². The van der Waals surface area contributed by atoms with Crippen molar-refractivity contribution in [1.29, 1.82) is 0 Å². The molecule has 0 aliphatic carbocycles. The van der Waals surface area contributed by atoms with E-state index in [2.05, 4.69) is 41.0 Å². The molecule has 1 aromatic carbocycles. The number of hydrogen-bond acceptors (Lipinski definition) is 6. The zero-order valence-electron chi connectivity index (χ0n) is 15.3. The highest BCUT2D eigenvalue weighted by Gasteiger charge is 2.10. The first-order chi connectivity index (χ1) is 12.5. The minimum absolute atomic E-state index is 0.103. The van der Waals surface area contributed by atoms with Crippen molar-refractivity contribution >= 4 is 28.3 Å². The van der Waals surface area contributed by atoms with Gasteiger partial charge in [0.05, 0.1) is 25.8 Å². The lowest BCUT2D eigenvalue weighted by molar-refractivity contribution is -0.139. The summed E-state index contributed by atoms with van der Waals surface area (Å²) in [5.74, 6) is 0.823. The molecule has 2 rings (SSSR count). The van der Waals surface area contributed by atoms with Gasteiger partial charge < -0.3 is 14.8 Å². The van der Waals surface area contributed by atoms with E-state index in [1.807, 2.05) is 12.1 Å². The molecule has 0 spiro atoms. The van der Waals surface area contributed by atoms with Crippen molar-refractivity contribution < 1.29 is 19.1 Å². The summed E-state index contributed by atoms with van der Waals surface area (Å²) < 4.78 is 10.2. The predicted octanol–water partition coefficient (Wildman–Crippen LogP) is 3.78. The van der Waals surface area contributed by atoms with E-state index >= 15 is 0 Å². The van der Waals surface area contributed by atoms with Gasteiger partial charge in [0.25, 0.3) is 0 Å². The summed E-state index contributed by atoms with van der Waals surface area (Å²) in [4.78, 5) is 27.3. The molecule has 0 saturated carbocycles. The van der Waals surface area contributed by atoms with E-state index in [0.29, 0.717) is 36.2 Å². The van der Waals surface area contributed by atoms with Gasteiger partial charge in [0.15, 0.2) is 5.13 Å². The maximum absolute atomic E-state index is 11.9. The fourth-order valence-electron chi connectivity index (χ4n) is 2.22. The SMILES string of the molecule is COC(=O)Cc1csc(NC(=O)CCCOc2ccc(C(C)C)cc2)n1.